The van der Waals surface area contributed by atoms with Gasteiger partial charge in [-0.1, -0.05) is 0 Å². The largest absolute Gasteiger partial charge is 0.490 e. The van der Waals surface area contributed by atoms with Crippen LogP contribution in [0.4, 0.5) is 51.0 Å². The summed E-state index contributed by atoms with van der Waals surface area (Å²) in [5.41, 5.74) is -2.58. The van der Waals surface area contributed by atoms with Gasteiger partial charge in [0, 0.05) is 38.6 Å². The quantitative estimate of drug-likeness (QED) is 0.405. The molecule has 214 valence electrons. The summed E-state index contributed by atoms with van der Waals surface area (Å²) in [6.07, 6.45) is -11.8. The Morgan fingerprint density at radius 3 is 2.21 bits per heavy atom. The highest BCUT2D eigenvalue weighted by atomic mass is 19.4. The van der Waals surface area contributed by atoms with E-state index in [9.17, 15) is 44.3 Å². The van der Waals surface area contributed by atoms with E-state index in [0.29, 0.717) is 25.1 Å². The Kier molecular flexibility index (Phi) is 8.27. The Morgan fingerprint density at radius 2 is 1.67 bits per heavy atom. The number of anilines is 2. The van der Waals surface area contributed by atoms with Gasteiger partial charge >= 0.3 is 24.5 Å². The molecule has 1 aliphatic heterocycles. The summed E-state index contributed by atoms with van der Waals surface area (Å²) < 4.78 is 111. The number of carbonyl (C=O) groups is 2. The molecule has 0 saturated carbocycles. The average molecular weight is 576 g/mol. The lowest BCUT2D eigenvalue weighted by Gasteiger charge is -2.28. The maximum Gasteiger partial charge on any atom is 0.490 e. The third-order valence-corrected chi connectivity index (χ3v) is 4.90. The molecule has 0 bridgehead atoms. The number of aromatic nitrogens is 5. The van der Waals surface area contributed by atoms with E-state index in [1.807, 2.05) is 10.2 Å². The summed E-state index contributed by atoms with van der Waals surface area (Å²) in [7, 11) is 0. The topological polar surface area (TPSA) is 130 Å². The lowest BCUT2D eigenvalue weighted by molar-refractivity contribution is -0.192. The van der Waals surface area contributed by atoms with Gasteiger partial charge in [0.15, 0.2) is 11.3 Å². The van der Waals surface area contributed by atoms with E-state index in [4.69, 9.17) is 9.90 Å². The number of fused-ring (bicyclic) bond motifs is 1. The summed E-state index contributed by atoms with van der Waals surface area (Å²) in [6.45, 7) is 1.08. The number of carboxylic acids is 1. The Morgan fingerprint density at radius 1 is 1.05 bits per heavy atom. The highest BCUT2D eigenvalue weighted by Gasteiger charge is 2.40. The second-order valence-corrected chi connectivity index (χ2v) is 7.81. The molecule has 3 aromatic rings. The second kappa shape index (κ2) is 10.9. The molecule has 11 nitrogen and oxygen atoms in total. The van der Waals surface area contributed by atoms with Crippen LogP contribution in [0.5, 0.6) is 0 Å². The van der Waals surface area contributed by atoms with E-state index in [0.717, 1.165) is 19.3 Å². The SMILES string of the molecule is O=C(Nc1cn(CC(F)(F)F)nc1C(F)(F)F)c1cnn2ccc(N3CCNCC3)nc12.O=C(O)C(F)(F)F. The van der Waals surface area contributed by atoms with Crippen molar-refractivity contribution < 1.29 is 54.2 Å². The zero-order valence-corrected chi connectivity index (χ0v) is 19.2. The van der Waals surface area contributed by atoms with Gasteiger partial charge in [0.2, 0.25) is 0 Å². The smallest absolute Gasteiger partial charge is 0.475 e. The number of alkyl halides is 9. The van der Waals surface area contributed by atoms with Crippen molar-refractivity contribution in [1.82, 2.24) is 29.7 Å². The van der Waals surface area contributed by atoms with Crippen LogP contribution in [0.15, 0.2) is 24.7 Å². The van der Waals surface area contributed by atoms with Crippen LogP contribution in [0.1, 0.15) is 16.1 Å². The van der Waals surface area contributed by atoms with Crippen molar-refractivity contribution in [2.24, 2.45) is 0 Å². The van der Waals surface area contributed by atoms with Crippen LogP contribution in [0, 0.1) is 0 Å². The number of nitrogens with zero attached hydrogens (tertiary/aromatic N) is 6. The van der Waals surface area contributed by atoms with Gasteiger partial charge in [-0.15, -0.1) is 0 Å². The summed E-state index contributed by atoms with van der Waals surface area (Å²) in [4.78, 5) is 28.0. The molecule has 1 saturated heterocycles. The zero-order chi connectivity index (χ0) is 29.2. The molecule has 0 spiro atoms. The van der Waals surface area contributed by atoms with E-state index in [1.54, 1.807) is 12.3 Å². The van der Waals surface area contributed by atoms with Crippen molar-refractivity contribution in [1.29, 1.82) is 0 Å². The normalized spacial score (nSPS) is 14.6. The van der Waals surface area contributed by atoms with Crippen molar-refractivity contribution in [3.8, 4) is 0 Å². The number of carboxylic acid groups (broad SMARTS) is 1. The van der Waals surface area contributed by atoms with Gasteiger partial charge in [-0.2, -0.15) is 49.7 Å². The molecule has 4 heterocycles. The molecular formula is C19H17F9N8O3. The van der Waals surface area contributed by atoms with E-state index >= 15 is 0 Å². The van der Waals surface area contributed by atoms with Gasteiger partial charge < -0.3 is 20.6 Å². The van der Waals surface area contributed by atoms with Gasteiger partial charge in [0.1, 0.15) is 17.9 Å². The number of piperazine rings is 1. The van der Waals surface area contributed by atoms with Crippen LogP contribution in [0.25, 0.3) is 5.65 Å². The standard InChI is InChI=1S/C17H16F6N8O.C2HF3O2/c18-16(19,20)9-30-8-11(13(28-30)17(21,22)23)26-15(32)10-7-25-31-4-1-12(27-14(10)31)29-5-2-24-3-6-29;3-2(4,5)1(6)7/h1,4,7-8,24H,2-3,5-6,9H2,(H,26,32);(H,6,7). The van der Waals surface area contributed by atoms with Crippen molar-refractivity contribution in [2.75, 3.05) is 36.4 Å². The number of carbonyl (C=O) groups excluding carboxylic acids is 1. The first-order chi connectivity index (χ1) is 18.0. The van der Waals surface area contributed by atoms with Crippen LogP contribution >= 0.6 is 0 Å². The predicted molar refractivity (Wildman–Crippen MR) is 113 cm³/mol. The molecule has 3 N–H and O–H groups in total. The van der Waals surface area contributed by atoms with Crippen molar-refractivity contribution in [2.45, 2.75) is 25.1 Å². The monoisotopic (exact) mass is 576 g/mol. The fraction of sp³-hybridized carbons (Fsp3) is 0.421. The minimum atomic E-state index is -5.08. The lowest BCUT2D eigenvalue weighted by atomic mass is 10.3. The van der Waals surface area contributed by atoms with Crippen LogP contribution in [0.2, 0.25) is 0 Å². The minimum absolute atomic E-state index is 0.0787. The van der Waals surface area contributed by atoms with Crippen LogP contribution in [-0.4, -0.2) is 79.9 Å². The number of rotatable bonds is 4. The molecule has 0 radical (unpaired) electrons. The fourth-order valence-electron chi connectivity index (χ4n) is 3.27. The molecule has 1 fully saturated rings. The van der Waals surface area contributed by atoms with Gasteiger partial charge in [-0.25, -0.2) is 14.3 Å². The molecule has 0 unspecified atom stereocenters. The van der Waals surface area contributed by atoms with Crippen molar-refractivity contribution >= 4 is 29.0 Å². The number of hydrogen-bond acceptors (Lipinski definition) is 7. The average Bonchev–Trinajstić information content (AvgIpc) is 3.41. The first-order valence-electron chi connectivity index (χ1n) is 10.6. The molecule has 0 aromatic carbocycles. The number of amides is 1. The molecule has 3 aromatic heterocycles. The number of halogens is 9. The Bertz CT molecular complexity index is 1320. The molecule has 1 amide bonds. The van der Waals surface area contributed by atoms with E-state index in [2.05, 4.69) is 20.5 Å². The molecular weight excluding hydrogens is 559 g/mol. The molecule has 4 rings (SSSR count). The van der Waals surface area contributed by atoms with E-state index in [1.165, 1.54) is 4.52 Å². The maximum absolute atomic E-state index is 13.3. The Balaban J connectivity index is 0.000000532. The molecule has 1 aliphatic rings. The highest BCUT2D eigenvalue weighted by Crippen LogP contribution is 2.34. The van der Waals surface area contributed by atoms with E-state index in [-0.39, 0.29) is 15.9 Å². The molecule has 20 heteroatoms. The predicted octanol–water partition coefficient (Wildman–Crippen LogP) is 2.80. The zero-order valence-electron chi connectivity index (χ0n) is 19.2. The highest BCUT2D eigenvalue weighted by molar-refractivity contribution is 6.08. The third-order valence-electron chi connectivity index (χ3n) is 4.90. The number of aliphatic carboxylic acids is 1. The van der Waals surface area contributed by atoms with Gasteiger partial charge in [0.05, 0.1) is 11.9 Å². The summed E-state index contributed by atoms with van der Waals surface area (Å²) >= 11 is 0. The van der Waals surface area contributed by atoms with Crippen LogP contribution in [-0.2, 0) is 17.5 Å². The van der Waals surface area contributed by atoms with Crippen LogP contribution in [0.3, 0.4) is 0 Å². The number of nitrogens with one attached hydrogen (secondary N) is 2. The maximum atomic E-state index is 13.3. The number of hydrogen-bond donors (Lipinski definition) is 3. The first-order valence-corrected chi connectivity index (χ1v) is 10.6. The molecule has 0 aliphatic carbocycles. The summed E-state index contributed by atoms with van der Waals surface area (Å²) in [5, 5.41) is 19.2. The van der Waals surface area contributed by atoms with Gasteiger partial charge in [0.25, 0.3) is 5.91 Å². The van der Waals surface area contributed by atoms with Crippen LogP contribution < -0.4 is 15.5 Å². The molecule has 39 heavy (non-hydrogen) atoms. The van der Waals surface area contributed by atoms with E-state index < -0.39 is 48.3 Å². The second-order valence-electron chi connectivity index (χ2n) is 7.81. The fourth-order valence-corrected chi connectivity index (χ4v) is 3.27. The summed E-state index contributed by atoms with van der Waals surface area (Å²) in [5.74, 6) is -3.21. The van der Waals surface area contributed by atoms with Crippen molar-refractivity contribution in [3.63, 3.8) is 0 Å². The van der Waals surface area contributed by atoms with Crippen molar-refractivity contribution in [3.05, 3.63) is 35.9 Å². The summed E-state index contributed by atoms with van der Waals surface area (Å²) in [6, 6.07) is 1.69. The molecule has 0 atom stereocenters. The lowest BCUT2D eigenvalue weighted by Crippen LogP contribution is -2.43. The Hall–Kier alpha value is -4.10. The third kappa shape index (κ3) is 7.71. The Labute approximate surface area is 211 Å². The van der Waals surface area contributed by atoms with Gasteiger partial charge in [-0.05, 0) is 6.07 Å². The van der Waals surface area contributed by atoms with Gasteiger partial charge in [-0.3, -0.25) is 9.48 Å². The minimum Gasteiger partial charge on any atom is -0.475 e. The first kappa shape index (κ1) is 29.5.